The highest BCUT2D eigenvalue weighted by Crippen LogP contribution is 2.40. The van der Waals surface area contributed by atoms with E-state index in [4.69, 9.17) is 15.7 Å². The van der Waals surface area contributed by atoms with Crippen molar-refractivity contribution in [1.82, 2.24) is 4.90 Å². The van der Waals surface area contributed by atoms with Crippen molar-refractivity contribution in [1.29, 1.82) is 0 Å². The van der Waals surface area contributed by atoms with Crippen LogP contribution in [-0.2, 0) is 4.74 Å². The summed E-state index contributed by atoms with van der Waals surface area (Å²) in [6, 6.07) is 0.365. The Hall–Kier alpha value is -0.810. The van der Waals surface area contributed by atoms with Gasteiger partial charge in [-0.1, -0.05) is 12.1 Å². The Morgan fingerprint density at radius 1 is 1.44 bits per heavy atom. The molecule has 0 bridgehead atoms. The smallest absolute Gasteiger partial charge is 0.140 e. The first-order valence-corrected chi connectivity index (χ1v) is 6.62. The van der Waals surface area contributed by atoms with Gasteiger partial charge in [-0.3, -0.25) is 4.90 Å². The second-order valence-electron chi connectivity index (χ2n) is 6.16. The fourth-order valence-corrected chi connectivity index (χ4v) is 2.94. The van der Waals surface area contributed by atoms with Gasteiger partial charge in [0, 0.05) is 19.0 Å². The lowest BCUT2D eigenvalue weighted by Gasteiger charge is -2.35. The Labute approximate surface area is 110 Å². The molecule has 1 rings (SSSR count). The quantitative estimate of drug-likeness (QED) is 0.341. The molecule has 0 aromatic rings. The van der Waals surface area contributed by atoms with Gasteiger partial charge in [-0.05, 0) is 40.7 Å². The van der Waals surface area contributed by atoms with E-state index in [9.17, 15) is 0 Å². The number of ether oxygens (including phenoxy) is 1. The lowest BCUT2D eigenvalue weighted by Crippen LogP contribution is -2.47. The second kappa shape index (κ2) is 5.45. The molecule has 1 unspecified atom stereocenters. The summed E-state index contributed by atoms with van der Waals surface area (Å²) < 4.78 is 6.11. The van der Waals surface area contributed by atoms with Crippen LogP contribution in [0.2, 0.25) is 0 Å². The van der Waals surface area contributed by atoms with Crippen molar-refractivity contribution in [2.75, 3.05) is 13.1 Å². The van der Waals surface area contributed by atoms with Gasteiger partial charge < -0.3 is 15.7 Å². The van der Waals surface area contributed by atoms with Crippen molar-refractivity contribution < 1.29 is 9.94 Å². The van der Waals surface area contributed by atoms with E-state index in [2.05, 4.69) is 44.7 Å². The summed E-state index contributed by atoms with van der Waals surface area (Å²) in [5.41, 5.74) is 5.29. The summed E-state index contributed by atoms with van der Waals surface area (Å²) in [4.78, 5) is 2.35. The van der Waals surface area contributed by atoms with Crippen molar-refractivity contribution in [2.24, 2.45) is 10.9 Å². The Morgan fingerprint density at radius 2 is 2.06 bits per heavy atom. The molecule has 0 aromatic heterocycles. The molecule has 1 aliphatic heterocycles. The van der Waals surface area contributed by atoms with E-state index in [0.29, 0.717) is 12.5 Å². The van der Waals surface area contributed by atoms with Crippen LogP contribution in [0.1, 0.15) is 47.5 Å². The van der Waals surface area contributed by atoms with Gasteiger partial charge in [0.1, 0.15) is 5.84 Å². The lowest BCUT2D eigenvalue weighted by molar-refractivity contribution is -0.0800. The van der Waals surface area contributed by atoms with Crippen LogP contribution in [0, 0.1) is 0 Å². The third kappa shape index (κ3) is 3.59. The minimum absolute atomic E-state index is 0.0851. The zero-order valence-corrected chi connectivity index (χ0v) is 12.2. The monoisotopic (exact) mass is 257 g/mol. The molecule has 1 heterocycles. The zero-order valence-electron chi connectivity index (χ0n) is 12.2. The Bertz CT molecular complexity index is 313. The number of hydrogen-bond donors (Lipinski definition) is 2. The Morgan fingerprint density at radius 3 is 2.44 bits per heavy atom. The summed E-state index contributed by atoms with van der Waals surface area (Å²) in [6.45, 7) is 12.4. The van der Waals surface area contributed by atoms with Crippen molar-refractivity contribution in [3.8, 4) is 0 Å². The van der Waals surface area contributed by atoms with Crippen LogP contribution >= 0.6 is 0 Å². The molecule has 106 valence electrons. The van der Waals surface area contributed by atoms with Crippen molar-refractivity contribution in [3.05, 3.63) is 0 Å². The molecule has 5 heteroatoms. The molecule has 0 aliphatic carbocycles. The van der Waals surface area contributed by atoms with Gasteiger partial charge in [0.15, 0.2) is 0 Å². The molecule has 0 amide bonds. The summed E-state index contributed by atoms with van der Waals surface area (Å²) in [7, 11) is 0. The minimum atomic E-state index is -0.162. The summed E-state index contributed by atoms with van der Waals surface area (Å²) in [5.74, 6) is 0.282. The number of amidine groups is 1. The molecule has 0 saturated carbocycles. The molecular formula is C13H27N3O2. The molecule has 5 nitrogen and oxygen atoms in total. The summed E-state index contributed by atoms with van der Waals surface area (Å²) in [6.07, 6.45) is 1.58. The van der Waals surface area contributed by atoms with E-state index in [0.717, 1.165) is 19.5 Å². The van der Waals surface area contributed by atoms with Crippen LogP contribution in [0.5, 0.6) is 0 Å². The molecule has 0 aromatic carbocycles. The number of likely N-dealkylation sites (N-methyl/N-ethyl adjacent to an activating group) is 1. The van der Waals surface area contributed by atoms with Crippen molar-refractivity contribution in [2.45, 2.75) is 64.7 Å². The fraction of sp³-hybridized carbons (Fsp3) is 0.923. The maximum Gasteiger partial charge on any atom is 0.140 e. The second-order valence-corrected chi connectivity index (χ2v) is 6.16. The predicted molar refractivity (Wildman–Crippen MR) is 72.9 cm³/mol. The van der Waals surface area contributed by atoms with Gasteiger partial charge in [-0.25, -0.2) is 0 Å². The molecule has 18 heavy (non-hydrogen) atoms. The van der Waals surface area contributed by atoms with Crippen LogP contribution in [0.25, 0.3) is 0 Å². The molecule has 1 fully saturated rings. The van der Waals surface area contributed by atoms with Gasteiger partial charge in [-0.2, -0.15) is 0 Å². The third-order valence-electron chi connectivity index (χ3n) is 3.66. The van der Waals surface area contributed by atoms with Crippen molar-refractivity contribution >= 4 is 5.84 Å². The van der Waals surface area contributed by atoms with Gasteiger partial charge in [0.05, 0.1) is 11.2 Å². The zero-order chi connectivity index (χ0) is 14.0. The maximum absolute atomic E-state index is 8.59. The molecular weight excluding hydrogens is 230 g/mol. The average molecular weight is 257 g/mol. The first kappa shape index (κ1) is 15.2. The van der Waals surface area contributed by atoms with Crippen LogP contribution in [0.3, 0.4) is 0 Å². The third-order valence-corrected chi connectivity index (χ3v) is 3.66. The standard InChI is InChI=1S/C13H27N3O2/c1-6-16(8-7-11(14)15-17)10-9-12(2,3)18-13(10,4)5/h10,17H,6-9H2,1-5H3,(H2,14,15). The lowest BCUT2D eigenvalue weighted by atomic mass is 9.93. The van der Waals surface area contributed by atoms with Crippen LogP contribution in [-0.4, -0.2) is 46.3 Å². The van der Waals surface area contributed by atoms with Gasteiger partial charge in [0.2, 0.25) is 0 Å². The van der Waals surface area contributed by atoms with E-state index < -0.39 is 0 Å². The number of nitrogens with two attached hydrogens (primary N) is 1. The first-order valence-electron chi connectivity index (χ1n) is 6.62. The highest BCUT2D eigenvalue weighted by Gasteiger charge is 2.47. The Kier molecular flexibility index (Phi) is 4.61. The van der Waals surface area contributed by atoms with E-state index in [-0.39, 0.29) is 17.0 Å². The average Bonchev–Trinajstić information content (AvgIpc) is 2.47. The molecule has 1 saturated heterocycles. The van der Waals surface area contributed by atoms with Gasteiger partial charge in [0.25, 0.3) is 0 Å². The minimum Gasteiger partial charge on any atom is -0.409 e. The fourth-order valence-electron chi connectivity index (χ4n) is 2.94. The van der Waals surface area contributed by atoms with E-state index in [1.807, 2.05) is 0 Å². The van der Waals surface area contributed by atoms with E-state index in [1.165, 1.54) is 0 Å². The molecule has 0 radical (unpaired) electrons. The summed E-state index contributed by atoms with van der Waals surface area (Å²) in [5, 5.41) is 11.6. The maximum atomic E-state index is 8.59. The number of nitrogens with zero attached hydrogens (tertiary/aromatic N) is 2. The number of hydrogen-bond acceptors (Lipinski definition) is 4. The molecule has 1 atom stereocenters. The van der Waals surface area contributed by atoms with Crippen LogP contribution in [0.15, 0.2) is 5.16 Å². The van der Waals surface area contributed by atoms with E-state index in [1.54, 1.807) is 0 Å². The van der Waals surface area contributed by atoms with Gasteiger partial charge in [-0.15, -0.1) is 0 Å². The van der Waals surface area contributed by atoms with Gasteiger partial charge >= 0.3 is 0 Å². The normalized spacial score (nSPS) is 26.8. The van der Waals surface area contributed by atoms with Crippen molar-refractivity contribution in [3.63, 3.8) is 0 Å². The largest absolute Gasteiger partial charge is 0.409 e. The topological polar surface area (TPSA) is 71.1 Å². The predicted octanol–water partition coefficient (Wildman–Crippen LogP) is 1.79. The van der Waals surface area contributed by atoms with Crippen LogP contribution in [0.4, 0.5) is 0 Å². The van der Waals surface area contributed by atoms with E-state index >= 15 is 0 Å². The molecule has 3 N–H and O–H groups in total. The molecule has 1 aliphatic rings. The summed E-state index contributed by atoms with van der Waals surface area (Å²) >= 11 is 0. The first-order chi connectivity index (χ1) is 8.22. The Balaban J connectivity index is 2.70. The number of oxime groups is 1. The molecule has 0 spiro atoms. The number of rotatable bonds is 5. The SMILES string of the molecule is CCN(CCC(N)=NO)C1CC(C)(C)OC1(C)C. The van der Waals surface area contributed by atoms with Crippen LogP contribution < -0.4 is 5.73 Å². The highest BCUT2D eigenvalue weighted by atomic mass is 16.5. The highest BCUT2D eigenvalue weighted by molar-refractivity contribution is 5.79.